The third kappa shape index (κ3) is 4.49. The van der Waals surface area contributed by atoms with E-state index in [2.05, 4.69) is 49.9 Å². The van der Waals surface area contributed by atoms with Gasteiger partial charge in [-0.15, -0.1) is 0 Å². The fourth-order valence-corrected chi connectivity index (χ4v) is 3.66. The van der Waals surface area contributed by atoms with Gasteiger partial charge in [0.2, 0.25) is 5.91 Å². The number of piperidine rings is 1. The summed E-state index contributed by atoms with van der Waals surface area (Å²) < 4.78 is 2.00. The number of carbonyl (C=O) groups excluding carboxylic acids is 1. The van der Waals surface area contributed by atoms with E-state index in [-0.39, 0.29) is 11.8 Å². The molecule has 0 aliphatic carbocycles. The zero-order chi connectivity index (χ0) is 18.7. The maximum atomic E-state index is 11.3. The number of nitrogens with zero attached hydrogens (tertiary/aromatic N) is 4. The van der Waals surface area contributed by atoms with Gasteiger partial charge in [-0.1, -0.05) is 26.0 Å². The molecule has 2 N–H and O–H groups in total. The fourth-order valence-electron chi connectivity index (χ4n) is 3.66. The van der Waals surface area contributed by atoms with Gasteiger partial charge in [-0.05, 0) is 49.9 Å². The quantitative estimate of drug-likeness (QED) is 0.863. The van der Waals surface area contributed by atoms with Crippen LogP contribution in [0.2, 0.25) is 0 Å². The van der Waals surface area contributed by atoms with Crippen molar-refractivity contribution < 1.29 is 4.79 Å². The first kappa shape index (κ1) is 18.6. The lowest BCUT2D eigenvalue weighted by molar-refractivity contribution is -0.119. The van der Waals surface area contributed by atoms with Crippen LogP contribution in [0.4, 0.5) is 0 Å². The van der Waals surface area contributed by atoms with Crippen molar-refractivity contribution in [3.63, 3.8) is 0 Å². The smallest absolute Gasteiger partial charge is 0.231 e. The van der Waals surface area contributed by atoms with Crippen LogP contribution in [-0.4, -0.2) is 45.2 Å². The molecule has 1 atom stereocenters. The van der Waals surface area contributed by atoms with E-state index < -0.39 is 0 Å². The minimum Gasteiger partial charge on any atom is -0.369 e. The Labute approximate surface area is 155 Å². The third-order valence-electron chi connectivity index (χ3n) is 4.76. The Morgan fingerprint density at radius 1 is 1.38 bits per heavy atom. The Morgan fingerprint density at radius 3 is 2.88 bits per heavy atom. The van der Waals surface area contributed by atoms with Crippen LogP contribution in [0, 0.1) is 12.8 Å². The van der Waals surface area contributed by atoms with Gasteiger partial charge in [0.25, 0.3) is 0 Å². The fraction of sp³-hybridized carbons (Fsp3) is 0.550. The molecule has 2 heterocycles. The minimum absolute atomic E-state index is 0.261. The van der Waals surface area contributed by atoms with E-state index in [4.69, 9.17) is 15.8 Å². The SMILES string of the molecule is Cc1cccc(-n2nc(CC(C)C)nc2[C@H]2CCCN(CC(N)=O)C2)c1. The molecule has 1 aromatic heterocycles. The van der Waals surface area contributed by atoms with E-state index in [1.54, 1.807) is 0 Å². The van der Waals surface area contributed by atoms with Gasteiger partial charge >= 0.3 is 0 Å². The highest BCUT2D eigenvalue weighted by Gasteiger charge is 2.27. The van der Waals surface area contributed by atoms with Crippen LogP contribution < -0.4 is 5.73 Å². The lowest BCUT2D eigenvalue weighted by atomic mass is 9.97. The molecule has 6 nitrogen and oxygen atoms in total. The van der Waals surface area contributed by atoms with E-state index in [0.29, 0.717) is 12.5 Å². The average molecular weight is 355 g/mol. The molecule has 2 aromatic rings. The molecule has 6 heteroatoms. The maximum Gasteiger partial charge on any atom is 0.231 e. The molecule has 1 aliphatic rings. The van der Waals surface area contributed by atoms with E-state index in [1.807, 2.05) is 4.68 Å². The normalized spacial score (nSPS) is 18.4. The van der Waals surface area contributed by atoms with Gasteiger partial charge in [0.1, 0.15) is 5.82 Å². The predicted molar refractivity (Wildman–Crippen MR) is 102 cm³/mol. The van der Waals surface area contributed by atoms with Gasteiger partial charge in [-0.25, -0.2) is 9.67 Å². The number of hydrogen-bond donors (Lipinski definition) is 1. The summed E-state index contributed by atoms with van der Waals surface area (Å²) in [5, 5.41) is 4.82. The van der Waals surface area contributed by atoms with E-state index >= 15 is 0 Å². The van der Waals surface area contributed by atoms with Gasteiger partial charge in [-0.3, -0.25) is 9.69 Å². The molecular weight excluding hydrogens is 326 g/mol. The zero-order valence-corrected chi connectivity index (χ0v) is 16.0. The number of aromatic nitrogens is 3. The molecular formula is C20H29N5O. The van der Waals surface area contributed by atoms with Crippen molar-refractivity contribution in [2.75, 3.05) is 19.6 Å². The Bertz CT molecular complexity index is 767. The molecule has 0 radical (unpaired) electrons. The number of benzene rings is 1. The first-order valence-electron chi connectivity index (χ1n) is 9.46. The zero-order valence-electron chi connectivity index (χ0n) is 16.0. The van der Waals surface area contributed by atoms with Crippen LogP contribution >= 0.6 is 0 Å². The molecule has 0 bridgehead atoms. The lowest BCUT2D eigenvalue weighted by Gasteiger charge is -2.31. The summed E-state index contributed by atoms with van der Waals surface area (Å²) in [7, 11) is 0. The second-order valence-corrected chi connectivity index (χ2v) is 7.78. The number of carbonyl (C=O) groups is 1. The highest BCUT2D eigenvalue weighted by atomic mass is 16.1. The highest BCUT2D eigenvalue weighted by molar-refractivity contribution is 5.75. The highest BCUT2D eigenvalue weighted by Crippen LogP contribution is 2.28. The standard InChI is InChI=1S/C20H29N5O/c1-14(2)10-19-22-20(16-7-5-9-24(12-16)13-18(21)26)25(23-19)17-8-4-6-15(3)11-17/h4,6,8,11,14,16H,5,7,9-10,12-13H2,1-3H3,(H2,21,26)/t16-/m0/s1. The van der Waals surface area contributed by atoms with Crippen molar-refractivity contribution in [1.29, 1.82) is 0 Å². The molecule has 1 aliphatic heterocycles. The predicted octanol–water partition coefficient (Wildman–Crippen LogP) is 2.44. The number of hydrogen-bond acceptors (Lipinski definition) is 4. The number of aryl methyl sites for hydroxylation is 1. The average Bonchev–Trinajstić information content (AvgIpc) is 2.97. The van der Waals surface area contributed by atoms with Crippen molar-refractivity contribution in [1.82, 2.24) is 19.7 Å². The first-order chi connectivity index (χ1) is 12.4. The molecule has 140 valence electrons. The lowest BCUT2D eigenvalue weighted by Crippen LogP contribution is -2.40. The molecule has 1 saturated heterocycles. The van der Waals surface area contributed by atoms with Crippen LogP contribution in [-0.2, 0) is 11.2 Å². The molecule has 0 spiro atoms. The van der Waals surface area contributed by atoms with E-state index in [0.717, 1.165) is 49.7 Å². The molecule has 0 unspecified atom stereocenters. The van der Waals surface area contributed by atoms with Crippen LogP contribution in [0.5, 0.6) is 0 Å². The molecule has 3 rings (SSSR count). The van der Waals surface area contributed by atoms with Crippen molar-refractivity contribution >= 4 is 5.91 Å². The summed E-state index contributed by atoms with van der Waals surface area (Å²) >= 11 is 0. The minimum atomic E-state index is -0.272. The molecule has 26 heavy (non-hydrogen) atoms. The van der Waals surface area contributed by atoms with Crippen molar-refractivity contribution in [3.8, 4) is 5.69 Å². The largest absolute Gasteiger partial charge is 0.369 e. The second-order valence-electron chi connectivity index (χ2n) is 7.78. The van der Waals surface area contributed by atoms with Gasteiger partial charge < -0.3 is 5.73 Å². The van der Waals surface area contributed by atoms with Crippen molar-refractivity contribution in [3.05, 3.63) is 41.5 Å². The summed E-state index contributed by atoms with van der Waals surface area (Å²) in [6, 6.07) is 8.36. The van der Waals surface area contributed by atoms with Crippen LogP contribution in [0.15, 0.2) is 24.3 Å². The number of nitrogens with two attached hydrogens (primary N) is 1. The van der Waals surface area contributed by atoms with Gasteiger partial charge in [-0.2, -0.15) is 5.10 Å². The van der Waals surface area contributed by atoms with Crippen LogP contribution in [0.1, 0.15) is 49.8 Å². The molecule has 1 aromatic carbocycles. The molecule has 1 fully saturated rings. The van der Waals surface area contributed by atoms with Gasteiger partial charge in [0.05, 0.1) is 12.2 Å². The summed E-state index contributed by atoms with van der Waals surface area (Å²) in [4.78, 5) is 18.3. The van der Waals surface area contributed by atoms with Gasteiger partial charge in [0.15, 0.2) is 5.82 Å². The summed E-state index contributed by atoms with van der Waals surface area (Å²) in [5.41, 5.74) is 7.64. The van der Waals surface area contributed by atoms with Crippen LogP contribution in [0.25, 0.3) is 5.69 Å². The first-order valence-corrected chi connectivity index (χ1v) is 9.46. The summed E-state index contributed by atoms with van der Waals surface area (Å²) in [6.45, 7) is 8.48. The number of likely N-dealkylation sites (tertiary alicyclic amines) is 1. The molecule has 1 amide bonds. The summed E-state index contributed by atoms with van der Waals surface area (Å²) in [5.74, 6) is 2.39. The maximum absolute atomic E-state index is 11.3. The van der Waals surface area contributed by atoms with Crippen LogP contribution in [0.3, 0.4) is 0 Å². The monoisotopic (exact) mass is 355 g/mol. The van der Waals surface area contributed by atoms with E-state index in [1.165, 1.54) is 5.56 Å². The number of primary amides is 1. The van der Waals surface area contributed by atoms with Crippen molar-refractivity contribution in [2.45, 2.75) is 46.0 Å². The van der Waals surface area contributed by atoms with E-state index in [9.17, 15) is 4.79 Å². The molecule has 0 saturated carbocycles. The summed E-state index contributed by atoms with van der Waals surface area (Å²) in [6.07, 6.45) is 2.96. The topological polar surface area (TPSA) is 77.0 Å². The Hall–Kier alpha value is -2.21. The third-order valence-corrected chi connectivity index (χ3v) is 4.76. The van der Waals surface area contributed by atoms with Crippen molar-refractivity contribution in [2.24, 2.45) is 11.7 Å². The van der Waals surface area contributed by atoms with Gasteiger partial charge in [0, 0.05) is 18.9 Å². The Morgan fingerprint density at radius 2 is 2.19 bits per heavy atom. The number of amides is 1. The number of rotatable bonds is 6. The Balaban J connectivity index is 1.93. The second kappa shape index (κ2) is 7.99. The Kier molecular flexibility index (Phi) is 5.71.